The van der Waals surface area contributed by atoms with Crippen molar-refractivity contribution in [1.82, 2.24) is 15.2 Å². The van der Waals surface area contributed by atoms with Gasteiger partial charge in [-0.3, -0.25) is 10.1 Å². The van der Waals surface area contributed by atoms with Gasteiger partial charge in [-0.15, -0.1) is 0 Å². The third kappa shape index (κ3) is 2.35. The van der Waals surface area contributed by atoms with E-state index in [9.17, 15) is 0 Å². The number of H-pyrrole nitrogens is 1. The van der Waals surface area contributed by atoms with Gasteiger partial charge in [-0.05, 0) is 18.2 Å². The molecule has 0 saturated heterocycles. The van der Waals surface area contributed by atoms with Crippen molar-refractivity contribution in [1.29, 1.82) is 0 Å². The predicted octanol–water partition coefficient (Wildman–Crippen LogP) is 2.55. The van der Waals surface area contributed by atoms with E-state index in [1.54, 1.807) is 19.5 Å². The number of hydrogen-bond donors (Lipinski definition) is 1. The number of nitrogens with zero attached hydrogens (tertiary/aromatic N) is 2. The first-order chi connectivity index (χ1) is 9.36. The van der Waals surface area contributed by atoms with Gasteiger partial charge in [-0.25, -0.2) is 0 Å². The lowest BCUT2D eigenvalue weighted by Crippen LogP contribution is -1.99. The minimum Gasteiger partial charge on any atom is -0.493 e. The van der Waals surface area contributed by atoms with Gasteiger partial charge >= 0.3 is 0 Å². The van der Waals surface area contributed by atoms with Crippen LogP contribution >= 0.6 is 0 Å². The molecular weight excluding hydrogens is 242 g/mol. The summed E-state index contributed by atoms with van der Waals surface area (Å²) in [7, 11) is 1.62. The first-order valence-corrected chi connectivity index (χ1v) is 5.90. The lowest BCUT2D eigenvalue weighted by molar-refractivity contribution is 0.281. The zero-order valence-electron chi connectivity index (χ0n) is 10.5. The summed E-state index contributed by atoms with van der Waals surface area (Å²) >= 11 is 0. The van der Waals surface area contributed by atoms with Gasteiger partial charge in [0.15, 0.2) is 11.5 Å². The van der Waals surface area contributed by atoms with E-state index in [2.05, 4.69) is 15.2 Å². The Morgan fingerprint density at radius 2 is 2.16 bits per heavy atom. The van der Waals surface area contributed by atoms with E-state index >= 15 is 0 Å². The number of aromatic nitrogens is 3. The molecule has 1 N–H and O–H groups in total. The van der Waals surface area contributed by atoms with Crippen molar-refractivity contribution in [2.45, 2.75) is 6.61 Å². The van der Waals surface area contributed by atoms with Gasteiger partial charge in [0.05, 0.1) is 24.5 Å². The second-order valence-electron chi connectivity index (χ2n) is 4.07. The Balaban J connectivity index is 1.86. The molecule has 0 aliphatic carbocycles. The lowest BCUT2D eigenvalue weighted by atomic mass is 10.2. The third-order valence-corrected chi connectivity index (χ3v) is 2.83. The molecular formula is C14H13N3O2. The summed E-state index contributed by atoms with van der Waals surface area (Å²) in [6.45, 7) is 0.400. The van der Waals surface area contributed by atoms with Crippen LogP contribution in [-0.4, -0.2) is 22.3 Å². The molecule has 5 heteroatoms. The summed E-state index contributed by atoms with van der Waals surface area (Å²) in [4.78, 5) is 4.22. The first-order valence-electron chi connectivity index (χ1n) is 5.90. The maximum absolute atomic E-state index is 5.76. The van der Waals surface area contributed by atoms with E-state index in [-0.39, 0.29) is 0 Å². The van der Waals surface area contributed by atoms with Crippen LogP contribution in [0, 0.1) is 0 Å². The van der Waals surface area contributed by atoms with Gasteiger partial charge in [0, 0.05) is 17.6 Å². The standard InChI is InChI=1S/C14H13N3O2/c1-18-13-6-10-8-16-17-12(10)7-14(13)19-9-11-4-2-3-5-15-11/h2-8H,9H2,1H3,(H,16,17). The van der Waals surface area contributed by atoms with Crippen molar-refractivity contribution in [3.8, 4) is 11.5 Å². The fourth-order valence-corrected chi connectivity index (χ4v) is 1.86. The number of ether oxygens (including phenoxy) is 2. The normalized spacial score (nSPS) is 10.6. The third-order valence-electron chi connectivity index (χ3n) is 2.83. The Morgan fingerprint density at radius 3 is 2.95 bits per heavy atom. The van der Waals surface area contributed by atoms with Gasteiger partial charge in [0.2, 0.25) is 0 Å². The van der Waals surface area contributed by atoms with Crippen LogP contribution in [-0.2, 0) is 6.61 Å². The van der Waals surface area contributed by atoms with E-state index in [4.69, 9.17) is 9.47 Å². The van der Waals surface area contributed by atoms with Crippen molar-refractivity contribution in [3.63, 3.8) is 0 Å². The van der Waals surface area contributed by atoms with E-state index in [1.165, 1.54) is 0 Å². The Bertz CT molecular complexity index is 679. The molecule has 96 valence electrons. The quantitative estimate of drug-likeness (QED) is 0.778. The van der Waals surface area contributed by atoms with Gasteiger partial charge in [0.25, 0.3) is 0 Å². The SMILES string of the molecule is COc1cc2cn[nH]c2cc1OCc1ccccn1. The van der Waals surface area contributed by atoms with Gasteiger partial charge < -0.3 is 9.47 Å². The highest BCUT2D eigenvalue weighted by Gasteiger charge is 2.08. The van der Waals surface area contributed by atoms with Crippen molar-refractivity contribution in [3.05, 3.63) is 48.4 Å². The van der Waals surface area contributed by atoms with Gasteiger partial charge in [-0.1, -0.05) is 6.07 Å². The zero-order valence-corrected chi connectivity index (χ0v) is 10.5. The molecule has 0 aliphatic heterocycles. The lowest BCUT2D eigenvalue weighted by Gasteiger charge is -2.10. The van der Waals surface area contributed by atoms with Crippen molar-refractivity contribution in [2.75, 3.05) is 7.11 Å². The van der Waals surface area contributed by atoms with E-state index in [0.29, 0.717) is 18.1 Å². The van der Waals surface area contributed by atoms with Crippen molar-refractivity contribution in [2.24, 2.45) is 0 Å². The largest absolute Gasteiger partial charge is 0.493 e. The maximum atomic E-state index is 5.76. The maximum Gasteiger partial charge on any atom is 0.163 e. The number of benzene rings is 1. The molecule has 3 rings (SSSR count). The number of hydrogen-bond acceptors (Lipinski definition) is 4. The Hall–Kier alpha value is -2.56. The first kappa shape index (κ1) is 11.5. The molecule has 19 heavy (non-hydrogen) atoms. The molecule has 1 aromatic carbocycles. The van der Waals surface area contributed by atoms with Crippen LogP contribution in [0.1, 0.15) is 5.69 Å². The summed E-state index contributed by atoms with van der Waals surface area (Å²) in [5, 5.41) is 7.88. The molecule has 0 spiro atoms. The van der Waals surface area contributed by atoms with Crippen molar-refractivity contribution < 1.29 is 9.47 Å². The molecule has 3 aromatic rings. The molecule has 0 saturated carbocycles. The number of aromatic amines is 1. The summed E-state index contributed by atoms with van der Waals surface area (Å²) < 4.78 is 11.1. The second kappa shape index (κ2) is 4.97. The molecule has 0 atom stereocenters. The second-order valence-corrected chi connectivity index (χ2v) is 4.07. The highest BCUT2D eigenvalue weighted by Crippen LogP contribution is 2.31. The smallest absolute Gasteiger partial charge is 0.163 e. The number of rotatable bonds is 4. The molecule has 2 heterocycles. The monoisotopic (exact) mass is 255 g/mol. The van der Waals surface area contributed by atoms with Crippen molar-refractivity contribution >= 4 is 10.9 Å². The van der Waals surface area contributed by atoms with Crippen LogP contribution in [0.3, 0.4) is 0 Å². The Labute approximate surface area is 110 Å². The minimum absolute atomic E-state index is 0.400. The highest BCUT2D eigenvalue weighted by atomic mass is 16.5. The van der Waals surface area contributed by atoms with E-state index in [0.717, 1.165) is 16.6 Å². The fraction of sp³-hybridized carbons (Fsp3) is 0.143. The molecule has 0 amide bonds. The van der Waals surface area contributed by atoms with Gasteiger partial charge in [-0.2, -0.15) is 5.10 Å². The molecule has 0 unspecified atom stereocenters. The molecule has 0 fully saturated rings. The van der Waals surface area contributed by atoms with Crippen LogP contribution in [0.25, 0.3) is 10.9 Å². The number of pyridine rings is 1. The number of nitrogens with one attached hydrogen (secondary N) is 1. The van der Waals surface area contributed by atoms with Crippen LogP contribution in [0.15, 0.2) is 42.7 Å². The van der Waals surface area contributed by atoms with Crippen LogP contribution in [0.5, 0.6) is 11.5 Å². The average molecular weight is 255 g/mol. The zero-order chi connectivity index (χ0) is 13.1. The fourth-order valence-electron chi connectivity index (χ4n) is 1.86. The molecule has 5 nitrogen and oxygen atoms in total. The minimum atomic E-state index is 0.400. The highest BCUT2D eigenvalue weighted by molar-refractivity contribution is 5.82. The summed E-state index contributed by atoms with van der Waals surface area (Å²) in [5.74, 6) is 1.36. The van der Waals surface area contributed by atoms with E-state index < -0.39 is 0 Å². The van der Waals surface area contributed by atoms with Gasteiger partial charge in [0.1, 0.15) is 6.61 Å². The van der Waals surface area contributed by atoms with Crippen LogP contribution in [0.2, 0.25) is 0 Å². The predicted molar refractivity (Wildman–Crippen MR) is 71.2 cm³/mol. The summed E-state index contributed by atoms with van der Waals surface area (Å²) in [6.07, 6.45) is 3.49. The number of fused-ring (bicyclic) bond motifs is 1. The average Bonchev–Trinajstić information content (AvgIpc) is 2.92. The Kier molecular flexibility index (Phi) is 3.02. The molecule has 2 aromatic heterocycles. The van der Waals surface area contributed by atoms with Crippen LogP contribution in [0.4, 0.5) is 0 Å². The summed E-state index contributed by atoms with van der Waals surface area (Å²) in [5.41, 5.74) is 1.78. The van der Waals surface area contributed by atoms with E-state index in [1.807, 2.05) is 30.3 Å². The van der Waals surface area contributed by atoms with Crippen LogP contribution < -0.4 is 9.47 Å². The summed E-state index contributed by atoms with van der Waals surface area (Å²) in [6, 6.07) is 9.50. The topological polar surface area (TPSA) is 60.0 Å². The number of methoxy groups -OCH3 is 1. The molecule has 0 aliphatic rings. The Morgan fingerprint density at radius 1 is 1.21 bits per heavy atom. The molecule has 0 radical (unpaired) electrons. The molecule has 0 bridgehead atoms.